The topological polar surface area (TPSA) is 90.0 Å². The number of rotatable bonds is 7. The molecule has 41 heavy (non-hydrogen) atoms. The van der Waals surface area contributed by atoms with Crippen LogP contribution >= 0.6 is 0 Å². The van der Waals surface area contributed by atoms with E-state index in [-0.39, 0.29) is 18.8 Å². The van der Waals surface area contributed by atoms with Crippen molar-refractivity contribution in [3.05, 3.63) is 77.1 Å². The first-order valence-electron chi connectivity index (χ1n) is 12.9. The second-order valence-corrected chi connectivity index (χ2v) is 10.7. The molecule has 1 atom stereocenters. The zero-order chi connectivity index (χ0) is 29.9. The summed E-state index contributed by atoms with van der Waals surface area (Å²) in [6.07, 6.45) is -1.89. The first kappa shape index (κ1) is 29.7. The summed E-state index contributed by atoms with van der Waals surface area (Å²) in [6.45, 7) is 6.38. The Balaban J connectivity index is 1.62. The molecule has 0 bridgehead atoms. The summed E-state index contributed by atoms with van der Waals surface area (Å²) in [6, 6.07) is 11.7. The number of nitrogens with zero attached hydrogens (tertiary/aromatic N) is 2. The van der Waals surface area contributed by atoms with Crippen LogP contribution in [0.3, 0.4) is 0 Å². The maximum atomic E-state index is 13.2. The standard InChI is InChI=1S/C30H32F3N3O5/c1-18-12-21(40-17-30(31,32)33)7-9-22(18)19-6-8-23-20(13-19)16-36(28(38)41-29(2,3)4)26(23)15-35-25-14-34-11-10-24(25)27(37)39-5/h6-14,26,35H,15-17H2,1-5H3. The molecule has 1 unspecified atom stereocenters. The number of nitrogens with one attached hydrogen (secondary N) is 1. The van der Waals surface area contributed by atoms with Gasteiger partial charge in [0.05, 0.1) is 37.1 Å². The zero-order valence-corrected chi connectivity index (χ0v) is 23.5. The van der Waals surface area contributed by atoms with Gasteiger partial charge in [0.15, 0.2) is 6.61 Å². The normalized spacial score (nSPS) is 14.8. The Bertz CT molecular complexity index is 1440. The first-order valence-corrected chi connectivity index (χ1v) is 12.9. The molecular weight excluding hydrogens is 539 g/mol. The number of amides is 1. The van der Waals surface area contributed by atoms with Crippen LogP contribution in [0.4, 0.5) is 23.7 Å². The van der Waals surface area contributed by atoms with Crippen molar-refractivity contribution in [3.8, 4) is 16.9 Å². The second-order valence-electron chi connectivity index (χ2n) is 10.7. The van der Waals surface area contributed by atoms with Crippen molar-refractivity contribution >= 4 is 17.7 Å². The maximum absolute atomic E-state index is 13.2. The number of esters is 1. The average Bonchev–Trinajstić information content (AvgIpc) is 3.27. The molecule has 0 aliphatic carbocycles. The van der Waals surface area contributed by atoms with E-state index < -0.39 is 36.5 Å². The monoisotopic (exact) mass is 571 g/mol. The van der Waals surface area contributed by atoms with Gasteiger partial charge in [0.2, 0.25) is 0 Å². The second kappa shape index (κ2) is 11.7. The van der Waals surface area contributed by atoms with Crippen LogP contribution in [-0.4, -0.2) is 54.0 Å². The fraction of sp³-hybridized carbons (Fsp3) is 0.367. The number of benzene rings is 2. The largest absolute Gasteiger partial charge is 0.484 e. The summed E-state index contributed by atoms with van der Waals surface area (Å²) in [4.78, 5) is 31.2. The van der Waals surface area contributed by atoms with E-state index in [2.05, 4.69) is 10.3 Å². The van der Waals surface area contributed by atoms with Crippen molar-refractivity contribution in [2.45, 2.75) is 52.1 Å². The minimum absolute atomic E-state index is 0.133. The third kappa shape index (κ3) is 7.27. The predicted octanol–water partition coefficient (Wildman–Crippen LogP) is 6.69. The molecule has 0 radical (unpaired) electrons. The number of alkyl halides is 3. The van der Waals surface area contributed by atoms with Crippen LogP contribution in [0.1, 0.15) is 53.9 Å². The van der Waals surface area contributed by atoms with Crippen LogP contribution in [0.5, 0.6) is 5.75 Å². The number of aromatic nitrogens is 1. The molecule has 1 N–H and O–H groups in total. The lowest BCUT2D eigenvalue weighted by molar-refractivity contribution is -0.153. The Hall–Kier alpha value is -4.28. The fourth-order valence-corrected chi connectivity index (χ4v) is 4.67. The predicted molar refractivity (Wildman–Crippen MR) is 147 cm³/mol. The Labute approximate surface area is 236 Å². The number of carbonyl (C=O) groups is 2. The van der Waals surface area contributed by atoms with E-state index in [1.165, 1.54) is 25.6 Å². The summed E-state index contributed by atoms with van der Waals surface area (Å²) in [5.74, 6) is -0.380. The number of fused-ring (bicyclic) bond motifs is 1. The van der Waals surface area contributed by atoms with Crippen molar-refractivity contribution in [2.24, 2.45) is 0 Å². The molecule has 0 fully saturated rings. The molecule has 0 spiro atoms. The number of halogens is 3. The summed E-state index contributed by atoms with van der Waals surface area (Å²) in [7, 11) is 1.30. The highest BCUT2D eigenvalue weighted by molar-refractivity contribution is 5.95. The summed E-state index contributed by atoms with van der Waals surface area (Å²) in [5.41, 5.74) is 4.31. The van der Waals surface area contributed by atoms with Crippen molar-refractivity contribution in [1.82, 2.24) is 9.88 Å². The van der Waals surface area contributed by atoms with Crippen molar-refractivity contribution in [1.29, 1.82) is 0 Å². The smallest absolute Gasteiger partial charge is 0.422 e. The van der Waals surface area contributed by atoms with E-state index in [0.717, 1.165) is 27.8 Å². The van der Waals surface area contributed by atoms with Gasteiger partial charge in [0.1, 0.15) is 11.4 Å². The van der Waals surface area contributed by atoms with Gasteiger partial charge in [-0.1, -0.05) is 18.2 Å². The molecule has 2 aromatic carbocycles. The fourth-order valence-electron chi connectivity index (χ4n) is 4.67. The minimum atomic E-state index is -4.42. The molecule has 2 heterocycles. The van der Waals surface area contributed by atoms with Gasteiger partial charge in [-0.05, 0) is 79.8 Å². The molecule has 4 rings (SSSR count). The highest BCUT2D eigenvalue weighted by Crippen LogP contribution is 2.38. The molecule has 1 aliphatic rings. The number of aryl methyl sites for hydroxylation is 1. The number of carbonyl (C=O) groups excluding carboxylic acids is 2. The first-order chi connectivity index (χ1) is 19.3. The molecule has 1 aromatic heterocycles. The number of hydrogen-bond donors (Lipinski definition) is 1. The molecule has 218 valence electrons. The molecule has 0 saturated carbocycles. The van der Waals surface area contributed by atoms with E-state index in [9.17, 15) is 22.8 Å². The molecule has 8 nitrogen and oxygen atoms in total. The van der Waals surface area contributed by atoms with E-state index in [1.807, 2.05) is 18.2 Å². The van der Waals surface area contributed by atoms with Gasteiger partial charge >= 0.3 is 18.2 Å². The average molecular weight is 572 g/mol. The lowest BCUT2D eigenvalue weighted by atomic mass is 9.95. The number of hydrogen-bond acceptors (Lipinski definition) is 7. The van der Waals surface area contributed by atoms with Gasteiger partial charge in [-0.25, -0.2) is 9.59 Å². The quantitative estimate of drug-likeness (QED) is 0.316. The van der Waals surface area contributed by atoms with Gasteiger partial charge in [-0.3, -0.25) is 9.88 Å². The van der Waals surface area contributed by atoms with Gasteiger partial charge in [-0.2, -0.15) is 13.2 Å². The Morgan fingerprint density at radius 3 is 2.51 bits per heavy atom. The number of pyridine rings is 1. The zero-order valence-electron chi connectivity index (χ0n) is 23.5. The van der Waals surface area contributed by atoms with Crippen molar-refractivity contribution in [3.63, 3.8) is 0 Å². The molecule has 11 heteroatoms. The molecule has 3 aromatic rings. The molecule has 1 amide bonds. The van der Waals surface area contributed by atoms with Gasteiger partial charge in [0, 0.05) is 12.7 Å². The number of anilines is 1. The maximum Gasteiger partial charge on any atom is 0.422 e. The van der Waals surface area contributed by atoms with E-state index in [1.54, 1.807) is 50.8 Å². The van der Waals surface area contributed by atoms with Crippen LogP contribution in [0.15, 0.2) is 54.9 Å². The Kier molecular flexibility index (Phi) is 8.46. The van der Waals surface area contributed by atoms with Crippen LogP contribution in [-0.2, 0) is 16.0 Å². The molecule has 1 aliphatic heterocycles. The van der Waals surface area contributed by atoms with E-state index in [4.69, 9.17) is 14.2 Å². The van der Waals surface area contributed by atoms with Gasteiger partial charge in [0.25, 0.3) is 0 Å². The summed E-state index contributed by atoms with van der Waals surface area (Å²) >= 11 is 0. The Morgan fingerprint density at radius 2 is 1.85 bits per heavy atom. The highest BCUT2D eigenvalue weighted by atomic mass is 19.4. The van der Waals surface area contributed by atoms with Crippen molar-refractivity contribution < 1.29 is 37.0 Å². The van der Waals surface area contributed by atoms with Gasteiger partial charge < -0.3 is 19.5 Å². The number of ether oxygens (including phenoxy) is 3. The Morgan fingerprint density at radius 1 is 1.10 bits per heavy atom. The van der Waals surface area contributed by atoms with E-state index >= 15 is 0 Å². The van der Waals surface area contributed by atoms with Crippen LogP contribution in [0.2, 0.25) is 0 Å². The van der Waals surface area contributed by atoms with Crippen LogP contribution < -0.4 is 10.1 Å². The third-order valence-corrected chi connectivity index (χ3v) is 6.47. The van der Waals surface area contributed by atoms with Crippen LogP contribution in [0, 0.1) is 6.92 Å². The van der Waals surface area contributed by atoms with Crippen LogP contribution in [0.25, 0.3) is 11.1 Å². The summed E-state index contributed by atoms with van der Waals surface area (Å²) in [5, 5.41) is 3.24. The lowest BCUT2D eigenvalue weighted by Crippen LogP contribution is -2.38. The van der Waals surface area contributed by atoms with E-state index in [0.29, 0.717) is 11.3 Å². The van der Waals surface area contributed by atoms with Crippen molar-refractivity contribution in [2.75, 3.05) is 25.6 Å². The molecule has 0 saturated heterocycles. The SMILES string of the molecule is COC(=O)c1ccncc1NCC1c2ccc(-c3ccc(OCC(F)(F)F)cc3C)cc2CN1C(=O)OC(C)(C)C. The highest BCUT2D eigenvalue weighted by Gasteiger charge is 2.36. The summed E-state index contributed by atoms with van der Waals surface area (Å²) < 4.78 is 53.1. The third-order valence-electron chi connectivity index (χ3n) is 6.47. The minimum Gasteiger partial charge on any atom is -0.484 e. The van der Waals surface area contributed by atoms with Gasteiger partial charge in [-0.15, -0.1) is 0 Å². The lowest BCUT2D eigenvalue weighted by Gasteiger charge is -2.29. The molecular formula is C30H32F3N3O5. The number of methoxy groups -OCH3 is 1.